The minimum atomic E-state index is -0.675. The van der Waals surface area contributed by atoms with Crippen LogP contribution in [0.2, 0.25) is 0 Å². The fraction of sp³-hybridized carbons (Fsp3) is 0.400. The van der Waals surface area contributed by atoms with E-state index in [2.05, 4.69) is 26.4 Å². The molecular weight excluding hydrogens is 358 g/mol. The Hall–Kier alpha value is -3.00. The summed E-state index contributed by atoms with van der Waals surface area (Å²) < 4.78 is 1.89. The molecule has 2 heterocycles. The highest BCUT2D eigenvalue weighted by atomic mass is 16.3. The van der Waals surface area contributed by atoms with Gasteiger partial charge in [0, 0.05) is 19.5 Å². The van der Waals surface area contributed by atoms with Crippen LogP contribution in [0.4, 0.5) is 0 Å². The molecule has 0 bridgehead atoms. The maximum Gasteiger partial charge on any atom is 0.349 e. The number of nitrogens with one attached hydrogen (secondary N) is 1. The summed E-state index contributed by atoms with van der Waals surface area (Å²) in [6.45, 7) is 9.54. The minimum Gasteiger partial charge on any atom is -0.513 e. The highest BCUT2D eigenvalue weighted by Gasteiger charge is 2.19. The first-order chi connectivity index (χ1) is 13.3. The summed E-state index contributed by atoms with van der Waals surface area (Å²) in [5.41, 5.74) is 2.67. The van der Waals surface area contributed by atoms with Crippen LogP contribution < -0.4 is 11.2 Å². The number of aliphatic hydroxyl groups is 1. The van der Waals surface area contributed by atoms with Crippen LogP contribution >= 0.6 is 0 Å². The van der Waals surface area contributed by atoms with Crippen LogP contribution in [0.5, 0.6) is 0 Å². The zero-order valence-electron chi connectivity index (χ0n) is 16.4. The van der Waals surface area contributed by atoms with Crippen molar-refractivity contribution in [3.63, 3.8) is 0 Å². The molecule has 2 N–H and O–H groups in total. The average Bonchev–Trinajstić information content (AvgIpc) is 2.60. The molecule has 2 aliphatic heterocycles. The highest BCUT2D eigenvalue weighted by Crippen LogP contribution is 2.23. The topological polar surface area (TPSA) is 104 Å². The van der Waals surface area contributed by atoms with Crippen molar-refractivity contribution < 1.29 is 5.11 Å². The predicted octanol–water partition coefficient (Wildman–Crippen LogP) is 1.99. The van der Waals surface area contributed by atoms with E-state index >= 15 is 0 Å². The van der Waals surface area contributed by atoms with Gasteiger partial charge in [0.1, 0.15) is 0 Å². The normalized spacial score (nSPS) is 11.6. The zero-order valence-corrected chi connectivity index (χ0v) is 16.4. The number of aromatic nitrogens is 4. The lowest BCUT2D eigenvalue weighted by atomic mass is 10.1. The van der Waals surface area contributed by atoms with Crippen molar-refractivity contribution in [1.82, 2.24) is 24.4 Å². The molecule has 0 amide bonds. The van der Waals surface area contributed by atoms with Gasteiger partial charge in [-0.2, -0.15) is 4.98 Å². The Bertz CT molecular complexity index is 1120. The number of H-pyrrole nitrogens is 1. The maximum absolute atomic E-state index is 12.3. The molecule has 0 spiro atoms. The molecular formula is C20H25N5O3. The van der Waals surface area contributed by atoms with E-state index in [9.17, 15) is 14.7 Å². The Balaban J connectivity index is 2.02. The molecule has 0 fully saturated rings. The monoisotopic (exact) mass is 383 g/mol. The summed E-state index contributed by atoms with van der Waals surface area (Å²) in [4.78, 5) is 36.9. The standard InChI is InChI=1S/C20H25N5O3/c1-12-10-15-16(11-13(12)2)25(9-8-24(4)7-5-6-14(3)26)18-17(21-15)19(27)23-20(28)22-18/h10-11,26H,3,5-9H2,1-2,4H3,(H,23,27,28). The van der Waals surface area contributed by atoms with E-state index in [0.29, 0.717) is 30.9 Å². The van der Waals surface area contributed by atoms with Crippen LogP contribution in [0.1, 0.15) is 24.0 Å². The number of benzene rings is 1. The molecule has 0 atom stereocenters. The quantitative estimate of drug-likeness (QED) is 0.478. The van der Waals surface area contributed by atoms with Crippen LogP contribution in [0.3, 0.4) is 0 Å². The molecule has 1 aromatic carbocycles. The van der Waals surface area contributed by atoms with Gasteiger partial charge in [0.2, 0.25) is 0 Å². The number of hydrogen-bond donors (Lipinski definition) is 2. The van der Waals surface area contributed by atoms with E-state index in [1.54, 1.807) is 0 Å². The summed E-state index contributed by atoms with van der Waals surface area (Å²) in [5.74, 6) is 0.479. The number of nitrogens with zero attached hydrogens (tertiary/aromatic N) is 4. The van der Waals surface area contributed by atoms with Crippen LogP contribution in [0, 0.1) is 13.8 Å². The molecule has 3 rings (SSSR count). The van der Waals surface area contributed by atoms with Crippen molar-refractivity contribution in [2.24, 2.45) is 0 Å². The number of rotatable bonds is 7. The van der Waals surface area contributed by atoms with E-state index < -0.39 is 11.2 Å². The lowest BCUT2D eigenvalue weighted by molar-refractivity contribution is 0.303. The Kier molecular flexibility index (Phi) is 5.60. The molecule has 8 nitrogen and oxygen atoms in total. The summed E-state index contributed by atoms with van der Waals surface area (Å²) in [7, 11) is 1.99. The fourth-order valence-corrected chi connectivity index (χ4v) is 3.21. The summed E-state index contributed by atoms with van der Waals surface area (Å²) >= 11 is 0. The first-order valence-corrected chi connectivity index (χ1v) is 9.23. The summed E-state index contributed by atoms with van der Waals surface area (Å²) in [6, 6.07) is 3.96. The van der Waals surface area contributed by atoms with Gasteiger partial charge >= 0.3 is 5.69 Å². The average molecular weight is 383 g/mol. The number of aromatic amines is 1. The molecule has 0 aromatic heterocycles. The SMILES string of the molecule is C=C(O)CCCN(C)CCn1c2nc(=O)[nH]c(=O)c-2nc2cc(C)c(C)cc21. The first kappa shape index (κ1) is 19.8. The molecule has 0 aliphatic carbocycles. The maximum atomic E-state index is 12.3. The summed E-state index contributed by atoms with van der Waals surface area (Å²) in [5, 5.41) is 9.22. The lowest BCUT2D eigenvalue weighted by Crippen LogP contribution is -2.31. The molecule has 0 saturated carbocycles. The number of aliphatic hydroxyl groups excluding tert-OH is 1. The Morgan fingerprint density at radius 2 is 1.93 bits per heavy atom. The molecule has 0 saturated heterocycles. The van der Waals surface area contributed by atoms with Gasteiger partial charge in [0.05, 0.1) is 16.8 Å². The van der Waals surface area contributed by atoms with Crippen molar-refractivity contribution in [2.45, 2.75) is 33.2 Å². The van der Waals surface area contributed by atoms with E-state index in [4.69, 9.17) is 0 Å². The largest absolute Gasteiger partial charge is 0.513 e. The highest BCUT2D eigenvalue weighted by molar-refractivity contribution is 5.81. The van der Waals surface area contributed by atoms with Crippen molar-refractivity contribution in [3.05, 3.63) is 56.4 Å². The van der Waals surface area contributed by atoms with Gasteiger partial charge in [-0.25, -0.2) is 9.78 Å². The van der Waals surface area contributed by atoms with E-state index in [-0.39, 0.29) is 11.5 Å². The number of hydrogen-bond acceptors (Lipinski definition) is 6. The Morgan fingerprint density at radius 1 is 1.21 bits per heavy atom. The number of likely N-dealkylation sites (N-methyl/N-ethyl adjacent to an activating group) is 1. The molecule has 0 unspecified atom stereocenters. The van der Waals surface area contributed by atoms with Crippen LogP contribution in [0.15, 0.2) is 34.1 Å². The van der Waals surface area contributed by atoms with Gasteiger partial charge in [-0.05, 0) is 57.1 Å². The third-order valence-corrected chi connectivity index (χ3v) is 4.93. The lowest BCUT2D eigenvalue weighted by Gasteiger charge is -2.21. The second-order valence-electron chi connectivity index (χ2n) is 7.20. The molecule has 2 aliphatic rings. The first-order valence-electron chi connectivity index (χ1n) is 9.23. The zero-order chi connectivity index (χ0) is 20.4. The second kappa shape index (κ2) is 7.93. The van der Waals surface area contributed by atoms with Crippen molar-refractivity contribution in [1.29, 1.82) is 0 Å². The number of allylic oxidation sites excluding steroid dienone is 1. The van der Waals surface area contributed by atoms with Gasteiger partial charge in [-0.3, -0.25) is 9.78 Å². The molecule has 1 aromatic rings. The van der Waals surface area contributed by atoms with Crippen molar-refractivity contribution in [2.75, 3.05) is 20.1 Å². The number of fused-ring (bicyclic) bond motifs is 2. The smallest absolute Gasteiger partial charge is 0.349 e. The van der Waals surface area contributed by atoms with Gasteiger partial charge in [-0.1, -0.05) is 6.58 Å². The van der Waals surface area contributed by atoms with Gasteiger partial charge in [0.15, 0.2) is 11.5 Å². The fourth-order valence-electron chi connectivity index (χ4n) is 3.21. The van der Waals surface area contributed by atoms with Gasteiger partial charge < -0.3 is 14.6 Å². The number of aryl methyl sites for hydroxylation is 2. The summed E-state index contributed by atoms with van der Waals surface area (Å²) in [6.07, 6.45) is 1.36. The van der Waals surface area contributed by atoms with Gasteiger partial charge in [-0.15, -0.1) is 0 Å². The molecule has 28 heavy (non-hydrogen) atoms. The van der Waals surface area contributed by atoms with Crippen LogP contribution in [-0.2, 0) is 6.54 Å². The van der Waals surface area contributed by atoms with Crippen molar-refractivity contribution >= 4 is 11.0 Å². The minimum absolute atomic E-state index is 0.162. The van der Waals surface area contributed by atoms with Crippen LogP contribution in [0.25, 0.3) is 22.6 Å². The predicted molar refractivity (Wildman–Crippen MR) is 109 cm³/mol. The Morgan fingerprint density at radius 3 is 2.64 bits per heavy atom. The molecule has 148 valence electrons. The third-order valence-electron chi connectivity index (χ3n) is 4.93. The van der Waals surface area contributed by atoms with Crippen LogP contribution in [-0.4, -0.2) is 49.7 Å². The van der Waals surface area contributed by atoms with Crippen molar-refractivity contribution in [3.8, 4) is 11.5 Å². The third kappa shape index (κ3) is 4.12. The van der Waals surface area contributed by atoms with E-state index in [1.165, 1.54) is 0 Å². The molecule has 8 heteroatoms. The van der Waals surface area contributed by atoms with E-state index in [0.717, 1.165) is 29.6 Å². The molecule has 0 radical (unpaired) electrons. The van der Waals surface area contributed by atoms with Gasteiger partial charge in [0.25, 0.3) is 5.56 Å². The van der Waals surface area contributed by atoms with E-state index in [1.807, 2.05) is 37.6 Å². The second-order valence-corrected chi connectivity index (χ2v) is 7.20. The Labute approximate surface area is 162 Å².